The number of amides is 1. The maximum Gasteiger partial charge on any atom is 0.261 e. The first-order valence-electron chi connectivity index (χ1n) is 9.59. The SMILES string of the molecule is COc1ccc(S(=O)(=O)Nc2ccc(C(=O)N3CCc4ccccc4C3)cc2)cc1. The molecule has 3 aromatic carbocycles. The number of rotatable bonds is 5. The lowest BCUT2D eigenvalue weighted by atomic mass is 9.99. The van der Waals surface area contributed by atoms with Gasteiger partial charge in [-0.15, -0.1) is 0 Å². The Hall–Kier alpha value is -3.32. The van der Waals surface area contributed by atoms with E-state index in [4.69, 9.17) is 4.74 Å². The lowest BCUT2D eigenvalue weighted by Crippen LogP contribution is -2.35. The summed E-state index contributed by atoms with van der Waals surface area (Å²) in [5.74, 6) is 0.520. The van der Waals surface area contributed by atoms with Crippen molar-refractivity contribution in [1.82, 2.24) is 4.90 Å². The summed E-state index contributed by atoms with van der Waals surface area (Å²) in [6, 6.07) is 20.8. The molecule has 0 bridgehead atoms. The first-order chi connectivity index (χ1) is 14.5. The van der Waals surface area contributed by atoms with Crippen molar-refractivity contribution in [2.24, 2.45) is 0 Å². The van der Waals surface area contributed by atoms with E-state index in [1.165, 1.54) is 30.4 Å². The molecule has 0 atom stereocenters. The van der Waals surface area contributed by atoms with Crippen LogP contribution in [-0.2, 0) is 23.0 Å². The summed E-state index contributed by atoms with van der Waals surface area (Å²) in [7, 11) is -2.21. The molecule has 0 aliphatic carbocycles. The zero-order valence-electron chi connectivity index (χ0n) is 16.5. The number of benzene rings is 3. The second-order valence-electron chi connectivity index (χ2n) is 7.10. The molecule has 0 unspecified atom stereocenters. The highest BCUT2D eigenvalue weighted by Gasteiger charge is 2.22. The summed E-state index contributed by atoms with van der Waals surface area (Å²) < 4.78 is 32.7. The molecular weight excluding hydrogens is 400 g/mol. The van der Waals surface area contributed by atoms with Crippen LogP contribution in [0.5, 0.6) is 5.75 Å². The zero-order valence-corrected chi connectivity index (χ0v) is 17.4. The van der Waals surface area contributed by atoms with Crippen LogP contribution in [0, 0.1) is 0 Å². The molecule has 0 saturated heterocycles. The molecule has 6 nitrogen and oxygen atoms in total. The van der Waals surface area contributed by atoms with E-state index in [-0.39, 0.29) is 10.8 Å². The molecule has 1 N–H and O–H groups in total. The molecule has 1 aliphatic heterocycles. The van der Waals surface area contributed by atoms with Crippen LogP contribution in [0.25, 0.3) is 0 Å². The van der Waals surface area contributed by atoms with Crippen LogP contribution in [0.15, 0.2) is 77.7 Å². The molecule has 30 heavy (non-hydrogen) atoms. The lowest BCUT2D eigenvalue weighted by Gasteiger charge is -2.29. The Morgan fingerprint density at radius 1 is 0.933 bits per heavy atom. The third-order valence-electron chi connectivity index (χ3n) is 5.17. The van der Waals surface area contributed by atoms with Crippen LogP contribution in [0.3, 0.4) is 0 Å². The van der Waals surface area contributed by atoms with E-state index in [1.807, 2.05) is 23.1 Å². The zero-order chi connectivity index (χ0) is 21.1. The van der Waals surface area contributed by atoms with Crippen LogP contribution in [0.1, 0.15) is 21.5 Å². The smallest absolute Gasteiger partial charge is 0.261 e. The molecule has 4 rings (SSSR count). The number of sulfonamides is 1. The fraction of sp³-hybridized carbons (Fsp3) is 0.174. The fourth-order valence-corrected chi connectivity index (χ4v) is 4.56. The van der Waals surface area contributed by atoms with E-state index in [1.54, 1.807) is 36.4 Å². The molecule has 1 aliphatic rings. The van der Waals surface area contributed by atoms with Crippen molar-refractivity contribution in [3.8, 4) is 5.75 Å². The number of hydrogen-bond donors (Lipinski definition) is 1. The number of fused-ring (bicyclic) bond motifs is 1. The van der Waals surface area contributed by atoms with E-state index in [0.717, 1.165) is 6.42 Å². The minimum Gasteiger partial charge on any atom is -0.497 e. The van der Waals surface area contributed by atoms with Gasteiger partial charge in [-0.2, -0.15) is 0 Å². The number of methoxy groups -OCH3 is 1. The molecule has 1 amide bonds. The average molecular weight is 423 g/mol. The monoisotopic (exact) mass is 422 g/mol. The van der Waals surface area contributed by atoms with Crippen molar-refractivity contribution in [1.29, 1.82) is 0 Å². The quantitative estimate of drug-likeness (QED) is 0.680. The van der Waals surface area contributed by atoms with Crippen LogP contribution in [0.4, 0.5) is 5.69 Å². The van der Waals surface area contributed by atoms with Gasteiger partial charge in [-0.25, -0.2) is 8.42 Å². The Morgan fingerprint density at radius 3 is 2.27 bits per heavy atom. The molecule has 3 aromatic rings. The Bertz CT molecular complexity index is 1160. The van der Waals surface area contributed by atoms with E-state index in [0.29, 0.717) is 30.1 Å². The molecular formula is C23H22N2O4S. The average Bonchev–Trinajstić information content (AvgIpc) is 2.78. The van der Waals surface area contributed by atoms with Gasteiger partial charge >= 0.3 is 0 Å². The molecule has 0 aromatic heterocycles. The highest BCUT2D eigenvalue weighted by atomic mass is 32.2. The third kappa shape index (κ3) is 4.16. The first-order valence-corrected chi connectivity index (χ1v) is 11.1. The van der Waals surface area contributed by atoms with Gasteiger partial charge in [0.1, 0.15) is 5.75 Å². The van der Waals surface area contributed by atoms with Gasteiger partial charge in [-0.3, -0.25) is 9.52 Å². The number of hydrogen-bond acceptors (Lipinski definition) is 4. The van der Waals surface area contributed by atoms with Gasteiger partial charge in [0.25, 0.3) is 15.9 Å². The molecule has 0 radical (unpaired) electrons. The fourth-order valence-electron chi connectivity index (χ4n) is 3.50. The number of nitrogens with one attached hydrogen (secondary N) is 1. The van der Waals surface area contributed by atoms with Gasteiger partial charge < -0.3 is 9.64 Å². The summed E-state index contributed by atoms with van der Waals surface area (Å²) in [6.07, 6.45) is 0.835. The van der Waals surface area contributed by atoms with Crippen LogP contribution < -0.4 is 9.46 Å². The minimum absolute atomic E-state index is 0.0611. The lowest BCUT2D eigenvalue weighted by molar-refractivity contribution is 0.0734. The van der Waals surface area contributed by atoms with Gasteiger partial charge in [-0.1, -0.05) is 24.3 Å². The second kappa shape index (κ2) is 8.20. The number of anilines is 1. The number of ether oxygens (including phenoxy) is 1. The van der Waals surface area contributed by atoms with Gasteiger partial charge in [0.15, 0.2) is 0 Å². The van der Waals surface area contributed by atoms with Gasteiger partial charge in [0.05, 0.1) is 12.0 Å². The van der Waals surface area contributed by atoms with Crippen LogP contribution >= 0.6 is 0 Å². The van der Waals surface area contributed by atoms with Gasteiger partial charge in [-0.05, 0) is 66.1 Å². The van der Waals surface area contributed by atoms with Crippen molar-refractivity contribution in [2.45, 2.75) is 17.9 Å². The normalized spacial score (nSPS) is 13.4. The Labute approximate surface area is 176 Å². The largest absolute Gasteiger partial charge is 0.497 e. The second-order valence-corrected chi connectivity index (χ2v) is 8.79. The molecule has 0 spiro atoms. The molecule has 0 saturated carbocycles. The Balaban J connectivity index is 1.45. The summed E-state index contributed by atoms with van der Waals surface area (Å²) in [6.45, 7) is 1.25. The van der Waals surface area contributed by atoms with Crippen molar-refractivity contribution in [3.63, 3.8) is 0 Å². The Morgan fingerprint density at radius 2 is 1.60 bits per heavy atom. The van der Waals surface area contributed by atoms with Crippen molar-refractivity contribution < 1.29 is 17.9 Å². The summed E-state index contributed by atoms with van der Waals surface area (Å²) in [5.41, 5.74) is 3.37. The number of nitrogens with zero attached hydrogens (tertiary/aromatic N) is 1. The first kappa shape index (κ1) is 20.0. The summed E-state index contributed by atoms with van der Waals surface area (Å²) in [4.78, 5) is 14.8. The topological polar surface area (TPSA) is 75.7 Å². The standard InChI is InChI=1S/C23H22N2O4S/c1-29-21-10-12-22(13-11-21)30(27,28)24-20-8-6-18(7-9-20)23(26)25-15-14-17-4-2-3-5-19(17)16-25/h2-13,24H,14-16H2,1H3. The number of carbonyl (C=O) groups excluding carboxylic acids is 1. The van der Waals surface area contributed by atoms with E-state index in [2.05, 4.69) is 10.8 Å². The van der Waals surface area contributed by atoms with E-state index < -0.39 is 10.0 Å². The van der Waals surface area contributed by atoms with Crippen molar-refractivity contribution in [2.75, 3.05) is 18.4 Å². The maximum atomic E-state index is 12.9. The highest BCUT2D eigenvalue weighted by molar-refractivity contribution is 7.92. The molecule has 0 fully saturated rings. The van der Waals surface area contributed by atoms with Gasteiger partial charge in [0, 0.05) is 24.3 Å². The molecule has 154 valence electrons. The number of carbonyl (C=O) groups is 1. The van der Waals surface area contributed by atoms with Crippen LogP contribution in [-0.4, -0.2) is 32.9 Å². The van der Waals surface area contributed by atoms with Crippen molar-refractivity contribution in [3.05, 3.63) is 89.5 Å². The van der Waals surface area contributed by atoms with Crippen LogP contribution in [0.2, 0.25) is 0 Å². The maximum absolute atomic E-state index is 12.9. The predicted octanol–water partition coefficient (Wildman–Crippen LogP) is 3.69. The van der Waals surface area contributed by atoms with Gasteiger partial charge in [0.2, 0.25) is 0 Å². The van der Waals surface area contributed by atoms with Crippen molar-refractivity contribution >= 4 is 21.6 Å². The van der Waals surface area contributed by atoms with E-state index >= 15 is 0 Å². The van der Waals surface area contributed by atoms with E-state index in [9.17, 15) is 13.2 Å². The Kier molecular flexibility index (Phi) is 5.46. The summed E-state index contributed by atoms with van der Waals surface area (Å²) in [5, 5.41) is 0. The molecule has 1 heterocycles. The highest BCUT2D eigenvalue weighted by Crippen LogP contribution is 2.22. The minimum atomic E-state index is -3.73. The molecule has 7 heteroatoms. The third-order valence-corrected chi connectivity index (χ3v) is 6.57. The predicted molar refractivity (Wildman–Crippen MR) is 115 cm³/mol. The summed E-state index contributed by atoms with van der Waals surface area (Å²) >= 11 is 0.